The summed E-state index contributed by atoms with van der Waals surface area (Å²) in [7, 11) is 1.63. The number of piperidine rings is 1. The van der Waals surface area contributed by atoms with E-state index in [1.807, 2.05) is 24.3 Å². The van der Waals surface area contributed by atoms with Gasteiger partial charge in [-0.1, -0.05) is 12.1 Å². The molecule has 6 heteroatoms. The average Bonchev–Trinajstić information content (AvgIpc) is 2.66. The van der Waals surface area contributed by atoms with Gasteiger partial charge in [0.15, 0.2) is 5.96 Å². The number of hydrogen-bond donors (Lipinski definition) is 3. The van der Waals surface area contributed by atoms with E-state index < -0.39 is 6.10 Å². The van der Waals surface area contributed by atoms with Crippen LogP contribution in [0.2, 0.25) is 0 Å². The monoisotopic (exact) mass is 362 g/mol. The van der Waals surface area contributed by atoms with Crippen LogP contribution in [-0.2, 0) is 0 Å². The van der Waals surface area contributed by atoms with Crippen LogP contribution in [0.4, 0.5) is 0 Å². The minimum absolute atomic E-state index is 0.326. The van der Waals surface area contributed by atoms with Crippen molar-refractivity contribution in [2.75, 3.05) is 33.3 Å². The molecule has 0 aliphatic carbocycles. The fraction of sp³-hybridized carbons (Fsp3) is 0.650. The second-order valence-corrected chi connectivity index (χ2v) is 7.06. The largest absolute Gasteiger partial charge is 0.497 e. The summed E-state index contributed by atoms with van der Waals surface area (Å²) >= 11 is 0. The number of methoxy groups -OCH3 is 1. The second-order valence-electron chi connectivity index (χ2n) is 7.06. The Morgan fingerprint density at radius 3 is 2.46 bits per heavy atom. The van der Waals surface area contributed by atoms with Gasteiger partial charge >= 0.3 is 0 Å². The first kappa shape index (κ1) is 20.5. The van der Waals surface area contributed by atoms with Crippen LogP contribution in [0, 0.1) is 0 Å². The molecule has 2 rings (SSSR count). The highest BCUT2D eigenvalue weighted by atomic mass is 16.5. The molecule has 0 spiro atoms. The summed E-state index contributed by atoms with van der Waals surface area (Å²) in [5.74, 6) is 1.57. The van der Waals surface area contributed by atoms with Crippen molar-refractivity contribution in [3.63, 3.8) is 0 Å². The molecule has 6 nitrogen and oxygen atoms in total. The highest BCUT2D eigenvalue weighted by Gasteiger charge is 2.21. The average molecular weight is 363 g/mol. The van der Waals surface area contributed by atoms with E-state index in [2.05, 4.69) is 41.3 Å². The highest BCUT2D eigenvalue weighted by molar-refractivity contribution is 5.80. The van der Waals surface area contributed by atoms with Gasteiger partial charge in [0.25, 0.3) is 0 Å². The molecule has 0 bridgehead atoms. The summed E-state index contributed by atoms with van der Waals surface area (Å²) in [6.45, 7) is 9.91. The van der Waals surface area contributed by atoms with Gasteiger partial charge in [0.1, 0.15) is 5.75 Å². The van der Waals surface area contributed by atoms with E-state index in [0.717, 1.165) is 49.7 Å². The number of benzene rings is 1. The van der Waals surface area contributed by atoms with E-state index in [1.54, 1.807) is 7.11 Å². The third kappa shape index (κ3) is 6.18. The quantitative estimate of drug-likeness (QED) is 0.512. The molecule has 1 aromatic rings. The molecule has 1 unspecified atom stereocenters. The Kier molecular flexibility index (Phi) is 8.19. The second kappa shape index (κ2) is 10.4. The number of aliphatic hydroxyl groups is 1. The first-order valence-electron chi connectivity index (χ1n) is 9.64. The van der Waals surface area contributed by atoms with E-state index in [1.165, 1.54) is 0 Å². The number of likely N-dealkylation sites (tertiary alicyclic amines) is 1. The molecule has 1 heterocycles. The SMILES string of the molecule is CCNC(=NCC(O)c1ccc(OC)cc1)NC1CCN(C(C)C)CC1. The Hall–Kier alpha value is -1.79. The maximum atomic E-state index is 10.4. The molecule has 1 saturated heterocycles. The number of nitrogens with one attached hydrogen (secondary N) is 2. The Morgan fingerprint density at radius 2 is 1.92 bits per heavy atom. The zero-order chi connectivity index (χ0) is 18.9. The summed E-state index contributed by atoms with van der Waals surface area (Å²) in [5, 5.41) is 17.2. The van der Waals surface area contributed by atoms with Crippen molar-refractivity contribution in [1.29, 1.82) is 0 Å². The lowest BCUT2D eigenvalue weighted by molar-refractivity contribution is 0.167. The lowest BCUT2D eigenvalue weighted by atomic mass is 10.0. The van der Waals surface area contributed by atoms with Crippen LogP contribution in [0.15, 0.2) is 29.3 Å². The van der Waals surface area contributed by atoms with Gasteiger partial charge in [-0.15, -0.1) is 0 Å². The van der Waals surface area contributed by atoms with E-state index >= 15 is 0 Å². The molecule has 1 aliphatic heterocycles. The molecular formula is C20H34N4O2. The van der Waals surface area contributed by atoms with E-state index in [4.69, 9.17) is 4.74 Å². The predicted octanol–water partition coefficient (Wildman–Crippen LogP) is 2.16. The Balaban J connectivity index is 1.89. The molecule has 0 radical (unpaired) electrons. The molecule has 1 fully saturated rings. The topological polar surface area (TPSA) is 69.1 Å². The van der Waals surface area contributed by atoms with Crippen molar-refractivity contribution >= 4 is 5.96 Å². The minimum atomic E-state index is -0.626. The lowest BCUT2D eigenvalue weighted by Gasteiger charge is -2.35. The maximum absolute atomic E-state index is 10.4. The molecule has 0 saturated carbocycles. The van der Waals surface area contributed by atoms with E-state index in [9.17, 15) is 5.11 Å². The van der Waals surface area contributed by atoms with Gasteiger partial charge in [-0.2, -0.15) is 0 Å². The van der Waals surface area contributed by atoms with Crippen molar-refractivity contribution in [2.45, 2.75) is 51.8 Å². The molecule has 146 valence electrons. The van der Waals surface area contributed by atoms with Crippen molar-refractivity contribution in [2.24, 2.45) is 4.99 Å². The van der Waals surface area contributed by atoms with Crippen LogP contribution in [0.25, 0.3) is 0 Å². The molecule has 0 aromatic heterocycles. The fourth-order valence-corrected chi connectivity index (χ4v) is 3.18. The molecule has 1 aliphatic rings. The number of nitrogens with zero attached hydrogens (tertiary/aromatic N) is 2. The van der Waals surface area contributed by atoms with Crippen molar-refractivity contribution in [3.8, 4) is 5.75 Å². The highest BCUT2D eigenvalue weighted by Crippen LogP contribution is 2.18. The molecule has 0 amide bonds. The number of aliphatic imine (C=N–C) groups is 1. The van der Waals surface area contributed by atoms with Gasteiger partial charge in [0.2, 0.25) is 0 Å². The summed E-state index contributed by atoms with van der Waals surface area (Å²) in [6, 6.07) is 8.50. The Labute approximate surface area is 157 Å². The number of ether oxygens (including phenoxy) is 1. The van der Waals surface area contributed by atoms with Gasteiger partial charge < -0.3 is 25.4 Å². The normalized spacial score (nSPS) is 18.0. The third-order valence-corrected chi connectivity index (χ3v) is 4.87. The van der Waals surface area contributed by atoms with Crippen LogP contribution < -0.4 is 15.4 Å². The van der Waals surface area contributed by atoms with Gasteiger partial charge in [-0.3, -0.25) is 4.99 Å². The molecule has 1 aromatic carbocycles. The van der Waals surface area contributed by atoms with Crippen molar-refractivity contribution in [3.05, 3.63) is 29.8 Å². The van der Waals surface area contributed by atoms with Crippen LogP contribution in [0.1, 0.15) is 45.3 Å². The van der Waals surface area contributed by atoms with Crippen LogP contribution >= 0.6 is 0 Å². The Bertz CT molecular complexity index is 551. The van der Waals surface area contributed by atoms with Crippen LogP contribution in [-0.4, -0.2) is 61.3 Å². The van der Waals surface area contributed by atoms with Gasteiger partial charge in [0.05, 0.1) is 19.8 Å². The number of hydrogen-bond acceptors (Lipinski definition) is 4. The fourth-order valence-electron chi connectivity index (χ4n) is 3.18. The van der Waals surface area contributed by atoms with Crippen molar-refractivity contribution < 1.29 is 9.84 Å². The smallest absolute Gasteiger partial charge is 0.191 e. The first-order valence-corrected chi connectivity index (χ1v) is 9.64. The maximum Gasteiger partial charge on any atom is 0.191 e. The van der Waals surface area contributed by atoms with Gasteiger partial charge in [-0.05, 0) is 51.3 Å². The third-order valence-electron chi connectivity index (χ3n) is 4.87. The molecule has 1 atom stereocenters. The summed E-state index contributed by atoms with van der Waals surface area (Å²) < 4.78 is 5.15. The number of aliphatic hydroxyl groups excluding tert-OH is 1. The molecule has 3 N–H and O–H groups in total. The Morgan fingerprint density at radius 1 is 1.27 bits per heavy atom. The van der Waals surface area contributed by atoms with Crippen LogP contribution in [0.3, 0.4) is 0 Å². The number of guanidine groups is 1. The zero-order valence-corrected chi connectivity index (χ0v) is 16.5. The van der Waals surface area contributed by atoms with Gasteiger partial charge in [0, 0.05) is 31.7 Å². The first-order chi connectivity index (χ1) is 12.5. The summed E-state index contributed by atoms with van der Waals surface area (Å²) in [5.41, 5.74) is 0.843. The minimum Gasteiger partial charge on any atom is -0.497 e. The van der Waals surface area contributed by atoms with E-state index in [-0.39, 0.29) is 0 Å². The molecular weight excluding hydrogens is 328 g/mol. The van der Waals surface area contributed by atoms with Crippen molar-refractivity contribution in [1.82, 2.24) is 15.5 Å². The standard InChI is InChI=1S/C20H34N4O2/c1-5-21-20(23-17-10-12-24(13-11-17)15(2)3)22-14-19(25)16-6-8-18(26-4)9-7-16/h6-9,15,17,19,25H,5,10-14H2,1-4H3,(H2,21,22,23). The zero-order valence-electron chi connectivity index (χ0n) is 16.5. The number of rotatable bonds is 7. The predicted molar refractivity (Wildman–Crippen MR) is 107 cm³/mol. The van der Waals surface area contributed by atoms with E-state index in [0.29, 0.717) is 18.6 Å². The van der Waals surface area contributed by atoms with Gasteiger partial charge in [-0.25, -0.2) is 0 Å². The lowest BCUT2D eigenvalue weighted by Crippen LogP contribution is -2.50. The van der Waals surface area contributed by atoms with Crippen LogP contribution in [0.5, 0.6) is 5.75 Å². The summed E-state index contributed by atoms with van der Waals surface area (Å²) in [6.07, 6.45) is 1.60. The summed E-state index contributed by atoms with van der Waals surface area (Å²) in [4.78, 5) is 7.09. The molecule has 26 heavy (non-hydrogen) atoms.